The smallest absolute Gasteiger partial charge is 0.179 e. The van der Waals surface area contributed by atoms with Crippen molar-refractivity contribution in [2.24, 2.45) is 0 Å². The molecule has 12 rings (SSSR count). The minimum absolute atomic E-state index is 0.203. The van der Waals surface area contributed by atoms with Crippen molar-refractivity contribution in [1.82, 2.24) is 9.13 Å². The van der Waals surface area contributed by atoms with E-state index in [-0.39, 0.29) is 29.7 Å². The number of rotatable bonds is 8. The lowest BCUT2D eigenvalue weighted by atomic mass is 9.84. The number of para-hydroxylation sites is 2. The first kappa shape index (κ1) is 32.5. The zero-order valence-electron chi connectivity index (χ0n) is 40.0. The van der Waals surface area contributed by atoms with Crippen molar-refractivity contribution in [2.75, 3.05) is 0 Å². The summed E-state index contributed by atoms with van der Waals surface area (Å²) in [5.41, 5.74) is 9.19. The Balaban J connectivity index is 1.03. The SMILES string of the molecule is [2H]c1c([2H])c([2H])c(-c2cccc([Si](c3ccccc3)(c3ccccc3)c3ccc(-n4c5ccccc5c5cc(-n6c7ccccc7c7ccc(C8CCCCC8)cc76)ccc54)cc3)c2)c([2H])c1[2H]. The van der Waals surface area contributed by atoms with Crippen molar-refractivity contribution in [2.45, 2.75) is 38.0 Å². The van der Waals surface area contributed by atoms with Gasteiger partial charge in [0.1, 0.15) is 0 Å². The van der Waals surface area contributed by atoms with Gasteiger partial charge in [-0.1, -0.05) is 195 Å². The van der Waals surface area contributed by atoms with Crippen LogP contribution in [-0.4, -0.2) is 17.2 Å². The Labute approximate surface area is 377 Å². The van der Waals surface area contributed by atoms with Crippen LogP contribution in [0.25, 0.3) is 66.1 Å². The van der Waals surface area contributed by atoms with Gasteiger partial charge >= 0.3 is 0 Å². The topological polar surface area (TPSA) is 9.86 Å². The van der Waals surface area contributed by atoms with Crippen LogP contribution in [0.5, 0.6) is 0 Å². The average Bonchev–Trinajstić information content (AvgIpc) is 3.91. The molecule has 1 aliphatic carbocycles. The molecule has 2 nitrogen and oxygen atoms in total. The van der Waals surface area contributed by atoms with Crippen LogP contribution in [0.1, 0.15) is 50.4 Å². The molecule has 3 heteroatoms. The van der Waals surface area contributed by atoms with Gasteiger partial charge in [-0.25, -0.2) is 0 Å². The molecule has 0 saturated heterocycles. The minimum atomic E-state index is -3.12. The highest BCUT2D eigenvalue weighted by Crippen LogP contribution is 2.40. The van der Waals surface area contributed by atoms with Crippen LogP contribution >= 0.6 is 0 Å². The molecule has 0 aliphatic heterocycles. The Morgan fingerprint density at radius 2 is 0.937 bits per heavy atom. The molecule has 0 unspecified atom stereocenters. The zero-order chi connectivity index (χ0) is 46.1. The number of nitrogens with zero attached hydrogens (tertiary/aromatic N) is 2. The zero-order valence-corrected chi connectivity index (χ0v) is 36.0. The van der Waals surface area contributed by atoms with E-state index in [1.807, 2.05) is 24.3 Å². The van der Waals surface area contributed by atoms with Crippen molar-refractivity contribution < 1.29 is 6.85 Å². The van der Waals surface area contributed by atoms with Crippen molar-refractivity contribution in [3.05, 3.63) is 230 Å². The largest absolute Gasteiger partial charge is 0.309 e. The number of hydrogen-bond acceptors (Lipinski definition) is 0. The van der Waals surface area contributed by atoms with Crippen molar-refractivity contribution in [3.8, 4) is 22.5 Å². The molecule has 1 saturated carbocycles. The third kappa shape index (κ3) is 6.21. The van der Waals surface area contributed by atoms with E-state index in [0.29, 0.717) is 11.5 Å². The van der Waals surface area contributed by atoms with Crippen LogP contribution < -0.4 is 20.7 Å². The molecule has 63 heavy (non-hydrogen) atoms. The predicted molar refractivity (Wildman–Crippen MR) is 270 cm³/mol. The fourth-order valence-corrected chi connectivity index (χ4v) is 15.6. The number of benzene rings is 9. The molecule has 0 atom stereocenters. The van der Waals surface area contributed by atoms with E-state index < -0.39 is 14.1 Å². The summed E-state index contributed by atoms with van der Waals surface area (Å²) in [6.45, 7) is 0. The van der Waals surface area contributed by atoms with Crippen LogP contribution in [0.3, 0.4) is 0 Å². The Morgan fingerprint density at radius 1 is 0.381 bits per heavy atom. The molecule has 0 N–H and O–H groups in total. The average molecular weight is 830 g/mol. The number of fused-ring (bicyclic) bond motifs is 6. The summed E-state index contributed by atoms with van der Waals surface area (Å²) in [6, 6.07) is 68.6. The number of aromatic nitrogens is 2. The predicted octanol–water partition coefficient (Wildman–Crippen LogP) is 13.0. The maximum absolute atomic E-state index is 8.89. The van der Waals surface area contributed by atoms with E-state index in [1.165, 1.54) is 85.8 Å². The second-order valence-electron chi connectivity index (χ2n) is 17.1. The van der Waals surface area contributed by atoms with E-state index in [2.05, 4.69) is 179 Å². The third-order valence-electron chi connectivity index (χ3n) is 13.7. The fraction of sp³-hybridized carbons (Fsp3) is 0.100. The summed E-state index contributed by atoms with van der Waals surface area (Å²) in [5.74, 6) is 0.612. The second kappa shape index (κ2) is 15.6. The molecule has 1 aliphatic rings. The Kier molecular flexibility index (Phi) is 8.05. The summed E-state index contributed by atoms with van der Waals surface area (Å²) >= 11 is 0. The summed E-state index contributed by atoms with van der Waals surface area (Å²) in [7, 11) is -3.12. The second-order valence-corrected chi connectivity index (χ2v) is 20.9. The van der Waals surface area contributed by atoms with Gasteiger partial charge in [0.05, 0.1) is 28.9 Å². The first-order chi connectivity index (χ1) is 33.3. The molecule has 0 bridgehead atoms. The molecular weight excluding hydrogens is 777 g/mol. The van der Waals surface area contributed by atoms with Crippen molar-refractivity contribution in [3.63, 3.8) is 0 Å². The van der Waals surface area contributed by atoms with Gasteiger partial charge in [0, 0.05) is 32.9 Å². The highest BCUT2D eigenvalue weighted by Gasteiger charge is 2.41. The first-order valence-electron chi connectivity index (χ1n) is 24.8. The molecule has 11 aromatic rings. The van der Waals surface area contributed by atoms with E-state index in [0.717, 1.165) is 27.6 Å². The van der Waals surface area contributed by atoms with E-state index in [4.69, 9.17) is 6.85 Å². The lowest BCUT2D eigenvalue weighted by molar-refractivity contribution is 0.444. The van der Waals surface area contributed by atoms with Crippen LogP contribution in [0.2, 0.25) is 0 Å². The van der Waals surface area contributed by atoms with Gasteiger partial charge in [-0.05, 0) is 105 Å². The summed E-state index contributed by atoms with van der Waals surface area (Å²) in [5, 5.41) is 9.51. The van der Waals surface area contributed by atoms with Gasteiger partial charge in [-0.3, -0.25) is 0 Å². The maximum Gasteiger partial charge on any atom is 0.179 e. The third-order valence-corrected chi connectivity index (χ3v) is 18.5. The quantitative estimate of drug-likeness (QED) is 0.107. The molecule has 0 radical (unpaired) electrons. The lowest BCUT2D eigenvalue weighted by Gasteiger charge is -2.35. The molecule has 0 amide bonds. The molecule has 2 heterocycles. The summed E-state index contributed by atoms with van der Waals surface area (Å²) in [4.78, 5) is 0. The summed E-state index contributed by atoms with van der Waals surface area (Å²) < 4.78 is 47.9. The van der Waals surface area contributed by atoms with Gasteiger partial charge < -0.3 is 9.13 Å². The molecule has 0 spiro atoms. The summed E-state index contributed by atoms with van der Waals surface area (Å²) in [6.07, 6.45) is 6.48. The highest BCUT2D eigenvalue weighted by atomic mass is 28.3. The highest BCUT2D eigenvalue weighted by molar-refractivity contribution is 7.19. The Morgan fingerprint density at radius 3 is 1.63 bits per heavy atom. The molecular formula is C60H48N2Si. The van der Waals surface area contributed by atoms with Gasteiger partial charge in [-0.2, -0.15) is 0 Å². The Bertz CT molecular complexity index is 3650. The minimum Gasteiger partial charge on any atom is -0.309 e. The Hall–Kier alpha value is -7.20. The van der Waals surface area contributed by atoms with Crippen LogP contribution in [0.15, 0.2) is 224 Å². The van der Waals surface area contributed by atoms with Crippen LogP contribution in [-0.2, 0) is 0 Å². The van der Waals surface area contributed by atoms with Gasteiger partial charge in [0.15, 0.2) is 8.07 Å². The molecule has 302 valence electrons. The number of hydrogen-bond donors (Lipinski definition) is 0. The standard InChI is InChI=1S/C60H48N2Si/c1-5-18-43(19-6-1)45-22-17-27-52(40-45)63(49-23-9-3-10-24-49,50-25-11-4-12-26-50)51-36-33-47(34-37-51)61-58-31-16-14-29-54(58)56-42-48(35-39-59(56)61)62-57-30-15-13-28-53(57)55-38-32-46(41-60(55)62)44-20-7-2-8-21-44/h1,3-6,9-19,22-42,44H,2,7-8,20-21H2/i1D,5D,6D,18D,19D. The monoisotopic (exact) mass is 829 g/mol. The van der Waals surface area contributed by atoms with E-state index in [9.17, 15) is 0 Å². The fourth-order valence-electron chi connectivity index (χ4n) is 10.9. The van der Waals surface area contributed by atoms with E-state index >= 15 is 0 Å². The van der Waals surface area contributed by atoms with E-state index in [1.54, 1.807) is 0 Å². The van der Waals surface area contributed by atoms with Crippen molar-refractivity contribution in [1.29, 1.82) is 0 Å². The van der Waals surface area contributed by atoms with Gasteiger partial charge in [0.2, 0.25) is 0 Å². The first-order valence-corrected chi connectivity index (χ1v) is 24.3. The maximum atomic E-state index is 8.89. The molecule has 1 fully saturated rings. The normalized spacial score (nSPS) is 14.8. The molecule has 9 aromatic carbocycles. The van der Waals surface area contributed by atoms with Gasteiger partial charge in [0.25, 0.3) is 0 Å². The molecule has 2 aromatic heterocycles. The van der Waals surface area contributed by atoms with Crippen LogP contribution in [0.4, 0.5) is 0 Å². The van der Waals surface area contributed by atoms with Gasteiger partial charge in [-0.15, -0.1) is 0 Å². The van der Waals surface area contributed by atoms with Crippen molar-refractivity contribution >= 4 is 72.4 Å². The van der Waals surface area contributed by atoms with Crippen LogP contribution in [0, 0.1) is 0 Å². The lowest BCUT2D eigenvalue weighted by Crippen LogP contribution is -2.74.